The molecule has 2 rings (SSSR count). The molecule has 0 fully saturated rings. The number of nitrogens with zero attached hydrogens (tertiary/aromatic N) is 1. The third kappa shape index (κ3) is 1.38. The number of nitrogen functional groups attached to an aromatic ring is 1. The monoisotopic (exact) mass is 212 g/mol. The van der Waals surface area contributed by atoms with Gasteiger partial charge in [-0.3, -0.25) is 0 Å². The van der Waals surface area contributed by atoms with Crippen LogP contribution in [-0.2, 0) is 6.42 Å². The summed E-state index contributed by atoms with van der Waals surface area (Å²) in [5.74, 6) is 0. The van der Waals surface area contributed by atoms with Crippen molar-refractivity contribution in [1.29, 1.82) is 0 Å². The quantitative estimate of drug-likeness (QED) is 0.738. The predicted molar refractivity (Wildman–Crippen MR) is 58.4 cm³/mol. The molecule has 4 heteroatoms. The molecule has 0 spiro atoms. The summed E-state index contributed by atoms with van der Waals surface area (Å²) in [7, 11) is 0. The summed E-state index contributed by atoms with van der Waals surface area (Å²) in [5, 5.41) is 1.54. The van der Waals surface area contributed by atoms with E-state index in [1.807, 2.05) is 6.07 Å². The van der Waals surface area contributed by atoms with Gasteiger partial charge in [-0.2, -0.15) is 0 Å². The first-order valence-electron chi connectivity index (χ1n) is 4.05. The molecule has 0 aromatic carbocycles. The predicted octanol–water partition coefficient (Wildman–Crippen LogP) is 3.09. The Hall–Kier alpha value is -0.800. The van der Waals surface area contributed by atoms with Gasteiger partial charge in [-0.25, -0.2) is 4.98 Å². The standard InChI is InChI=1S/C9H9ClN2S/c1-2-6-8(11)5-3-4-7(10)12-9(5)13-6/h3-4H,2,11H2,1H3. The maximum Gasteiger partial charge on any atom is 0.130 e. The lowest BCUT2D eigenvalue weighted by atomic mass is 10.2. The Labute approximate surface area is 85.3 Å². The van der Waals surface area contributed by atoms with Crippen LogP contribution in [0.4, 0.5) is 5.69 Å². The lowest BCUT2D eigenvalue weighted by Crippen LogP contribution is -1.86. The first-order chi connectivity index (χ1) is 6.22. The van der Waals surface area contributed by atoms with Gasteiger partial charge < -0.3 is 5.73 Å². The molecule has 0 radical (unpaired) electrons. The molecule has 0 bridgehead atoms. The number of aromatic nitrogens is 1. The maximum atomic E-state index is 5.93. The van der Waals surface area contributed by atoms with Crippen LogP contribution in [0.2, 0.25) is 5.15 Å². The summed E-state index contributed by atoms with van der Waals surface area (Å²) in [6.07, 6.45) is 0.949. The average Bonchev–Trinajstić information content (AvgIpc) is 2.42. The number of pyridine rings is 1. The summed E-state index contributed by atoms with van der Waals surface area (Å²) in [5.41, 5.74) is 6.78. The Bertz CT molecular complexity index is 450. The number of aryl methyl sites for hydroxylation is 1. The van der Waals surface area contributed by atoms with Gasteiger partial charge in [0.25, 0.3) is 0 Å². The van der Waals surface area contributed by atoms with Crippen LogP contribution in [0.3, 0.4) is 0 Å². The third-order valence-electron chi connectivity index (χ3n) is 1.96. The Kier molecular flexibility index (Phi) is 2.14. The van der Waals surface area contributed by atoms with E-state index in [0.29, 0.717) is 5.15 Å². The van der Waals surface area contributed by atoms with Crippen molar-refractivity contribution in [3.63, 3.8) is 0 Å². The molecule has 2 aromatic heterocycles. The van der Waals surface area contributed by atoms with Crippen molar-refractivity contribution in [2.45, 2.75) is 13.3 Å². The lowest BCUT2D eigenvalue weighted by molar-refractivity contribution is 1.19. The highest BCUT2D eigenvalue weighted by molar-refractivity contribution is 7.19. The number of hydrogen-bond donors (Lipinski definition) is 1. The second-order valence-electron chi connectivity index (χ2n) is 2.78. The van der Waals surface area contributed by atoms with Gasteiger partial charge in [-0.05, 0) is 18.6 Å². The van der Waals surface area contributed by atoms with Crippen molar-refractivity contribution >= 4 is 38.8 Å². The van der Waals surface area contributed by atoms with Gasteiger partial charge in [0.2, 0.25) is 0 Å². The number of rotatable bonds is 1. The number of halogens is 1. The Balaban J connectivity index is 2.76. The van der Waals surface area contributed by atoms with Gasteiger partial charge in [0.05, 0.1) is 5.69 Å². The zero-order valence-corrected chi connectivity index (χ0v) is 8.75. The van der Waals surface area contributed by atoms with Gasteiger partial charge in [0, 0.05) is 10.3 Å². The summed E-state index contributed by atoms with van der Waals surface area (Å²) in [6, 6.07) is 3.70. The molecule has 0 aliphatic heterocycles. The van der Waals surface area contributed by atoms with Crippen molar-refractivity contribution in [2.24, 2.45) is 0 Å². The van der Waals surface area contributed by atoms with Gasteiger partial charge >= 0.3 is 0 Å². The van der Waals surface area contributed by atoms with Crippen LogP contribution in [0.5, 0.6) is 0 Å². The van der Waals surface area contributed by atoms with Gasteiger partial charge in [0.15, 0.2) is 0 Å². The van der Waals surface area contributed by atoms with E-state index in [1.54, 1.807) is 17.4 Å². The summed E-state index contributed by atoms with van der Waals surface area (Å²) >= 11 is 7.40. The smallest absolute Gasteiger partial charge is 0.130 e. The molecule has 0 saturated heterocycles. The van der Waals surface area contributed by atoms with Crippen LogP contribution < -0.4 is 5.73 Å². The molecule has 2 aromatic rings. The molecule has 68 valence electrons. The minimum atomic E-state index is 0.524. The number of fused-ring (bicyclic) bond motifs is 1. The molecule has 0 unspecified atom stereocenters. The van der Waals surface area contributed by atoms with Crippen LogP contribution in [0.1, 0.15) is 11.8 Å². The molecular weight excluding hydrogens is 204 g/mol. The fraction of sp³-hybridized carbons (Fsp3) is 0.222. The number of nitrogens with two attached hydrogens (primary N) is 1. The van der Waals surface area contributed by atoms with E-state index >= 15 is 0 Å². The third-order valence-corrected chi connectivity index (χ3v) is 3.43. The molecule has 0 aliphatic carbocycles. The molecule has 2 heterocycles. The van der Waals surface area contributed by atoms with E-state index in [2.05, 4.69) is 11.9 Å². The zero-order chi connectivity index (χ0) is 9.42. The minimum Gasteiger partial charge on any atom is -0.397 e. The number of thiophene rings is 1. The van der Waals surface area contributed by atoms with E-state index in [-0.39, 0.29) is 0 Å². The highest BCUT2D eigenvalue weighted by Crippen LogP contribution is 2.33. The first kappa shape index (κ1) is 8.78. The number of anilines is 1. The van der Waals surface area contributed by atoms with Crippen molar-refractivity contribution in [3.8, 4) is 0 Å². The zero-order valence-electron chi connectivity index (χ0n) is 7.17. The summed E-state index contributed by atoms with van der Waals surface area (Å²) in [6.45, 7) is 2.09. The molecule has 0 amide bonds. The van der Waals surface area contributed by atoms with Crippen LogP contribution in [-0.4, -0.2) is 4.98 Å². The summed E-state index contributed by atoms with van der Waals surface area (Å²) in [4.78, 5) is 6.33. The van der Waals surface area contributed by atoms with Crippen molar-refractivity contribution < 1.29 is 0 Å². The molecule has 0 aliphatic rings. The first-order valence-corrected chi connectivity index (χ1v) is 5.25. The molecule has 2 N–H and O–H groups in total. The van der Waals surface area contributed by atoms with E-state index in [4.69, 9.17) is 17.3 Å². The minimum absolute atomic E-state index is 0.524. The molecular formula is C9H9ClN2S. The normalized spacial score (nSPS) is 10.9. The van der Waals surface area contributed by atoms with Crippen molar-refractivity contribution in [1.82, 2.24) is 4.98 Å². The Morgan fingerprint density at radius 1 is 1.54 bits per heavy atom. The van der Waals surface area contributed by atoms with Gasteiger partial charge in [-0.15, -0.1) is 11.3 Å². The molecule has 2 nitrogen and oxygen atoms in total. The molecule has 0 atom stereocenters. The molecule has 0 saturated carbocycles. The molecule has 13 heavy (non-hydrogen) atoms. The highest BCUT2D eigenvalue weighted by Gasteiger charge is 2.08. The van der Waals surface area contributed by atoms with Crippen LogP contribution in [0.25, 0.3) is 10.2 Å². The van der Waals surface area contributed by atoms with Gasteiger partial charge in [0.1, 0.15) is 9.98 Å². The van der Waals surface area contributed by atoms with E-state index in [1.165, 1.54) is 4.88 Å². The SMILES string of the molecule is CCc1sc2nc(Cl)ccc2c1N. The van der Waals surface area contributed by atoms with Crippen molar-refractivity contribution in [2.75, 3.05) is 5.73 Å². The van der Waals surface area contributed by atoms with Crippen LogP contribution in [0.15, 0.2) is 12.1 Å². The van der Waals surface area contributed by atoms with E-state index < -0.39 is 0 Å². The highest BCUT2D eigenvalue weighted by atomic mass is 35.5. The lowest BCUT2D eigenvalue weighted by Gasteiger charge is -1.92. The fourth-order valence-corrected chi connectivity index (χ4v) is 2.51. The topological polar surface area (TPSA) is 38.9 Å². The second kappa shape index (κ2) is 3.16. The fourth-order valence-electron chi connectivity index (χ4n) is 1.29. The summed E-state index contributed by atoms with van der Waals surface area (Å²) < 4.78 is 0. The Morgan fingerprint density at radius 3 is 3.00 bits per heavy atom. The largest absolute Gasteiger partial charge is 0.397 e. The van der Waals surface area contributed by atoms with Crippen LogP contribution in [0, 0.1) is 0 Å². The second-order valence-corrected chi connectivity index (χ2v) is 4.25. The average molecular weight is 213 g/mol. The van der Waals surface area contributed by atoms with Gasteiger partial charge in [-0.1, -0.05) is 18.5 Å². The maximum absolute atomic E-state index is 5.93. The van der Waals surface area contributed by atoms with E-state index in [9.17, 15) is 0 Å². The Morgan fingerprint density at radius 2 is 2.31 bits per heavy atom. The van der Waals surface area contributed by atoms with E-state index in [0.717, 1.165) is 22.3 Å². The van der Waals surface area contributed by atoms with Crippen molar-refractivity contribution in [3.05, 3.63) is 22.2 Å². The van der Waals surface area contributed by atoms with Crippen LogP contribution >= 0.6 is 22.9 Å². The number of hydrogen-bond acceptors (Lipinski definition) is 3.